The maximum atomic E-state index is 12.9. The summed E-state index contributed by atoms with van der Waals surface area (Å²) in [4.78, 5) is 38.2. The van der Waals surface area contributed by atoms with Crippen molar-refractivity contribution in [1.29, 1.82) is 0 Å². The van der Waals surface area contributed by atoms with Gasteiger partial charge in [-0.15, -0.1) is 0 Å². The predicted molar refractivity (Wildman–Crippen MR) is 316 cm³/mol. The third-order valence-corrected chi connectivity index (χ3v) is 12.7. The van der Waals surface area contributed by atoms with Crippen molar-refractivity contribution in [2.24, 2.45) is 0 Å². The van der Waals surface area contributed by atoms with E-state index >= 15 is 0 Å². The highest BCUT2D eigenvalue weighted by Crippen LogP contribution is 2.15. The summed E-state index contributed by atoms with van der Waals surface area (Å²) in [6.45, 7) is 6.45. The van der Waals surface area contributed by atoms with Crippen LogP contribution in [0.1, 0.15) is 278 Å². The number of hydrogen-bond acceptors (Lipinski definition) is 6. The van der Waals surface area contributed by atoms with Crippen molar-refractivity contribution in [3.05, 3.63) is 109 Å². The summed E-state index contributed by atoms with van der Waals surface area (Å²) in [5, 5.41) is 0. The van der Waals surface area contributed by atoms with Gasteiger partial charge in [0, 0.05) is 19.3 Å². The van der Waals surface area contributed by atoms with Gasteiger partial charge in [-0.1, -0.05) is 252 Å². The van der Waals surface area contributed by atoms with Gasteiger partial charge in [0.1, 0.15) is 13.2 Å². The molecule has 0 aromatic carbocycles. The summed E-state index contributed by atoms with van der Waals surface area (Å²) in [5.74, 6) is -1.00. The van der Waals surface area contributed by atoms with E-state index in [1.807, 2.05) is 6.08 Å². The van der Waals surface area contributed by atoms with Gasteiger partial charge < -0.3 is 14.2 Å². The average molecular weight is 1010 g/mol. The van der Waals surface area contributed by atoms with Crippen LogP contribution < -0.4 is 0 Å². The molecule has 0 saturated carbocycles. The van der Waals surface area contributed by atoms with Gasteiger partial charge in [-0.25, -0.2) is 0 Å². The van der Waals surface area contributed by atoms with E-state index in [2.05, 4.69) is 124 Å². The molecule has 0 aromatic heterocycles. The fraction of sp³-hybridized carbons (Fsp3) is 0.687. The van der Waals surface area contributed by atoms with E-state index in [9.17, 15) is 14.4 Å². The van der Waals surface area contributed by atoms with E-state index in [0.29, 0.717) is 19.3 Å². The standard InChI is InChI=1S/C67H112O6/c1-4-7-10-13-16-19-22-25-28-31-34-37-39-42-45-48-51-54-57-60-66(69)72-63-64(73-67(70)61-58-55-52-49-46-43-40-36-33-30-27-24-21-18-15-12-9-6-3)62-71-65(68)59-56-53-50-47-44-41-38-35-32-29-26-23-20-17-14-11-8-5-2/h7,10,16,19,21,24-25,28-30,32-34,37,42,45,51,54,64H,4-6,8-9,11-15,17-18,20,22-23,26-27,31,35-36,38-41,43-44,46-50,52-53,55-63H2,1-3H3/b10-7-,19-16-,24-21-,28-25-,32-29-,33-30-,37-34-,45-42-,54-51-. The van der Waals surface area contributed by atoms with Gasteiger partial charge in [-0.2, -0.15) is 0 Å². The Morgan fingerprint density at radius 2 is 0.562 bits per heavy atom. The van der Waals surface area contributed by atoms with Crippen LogP contribution in [0.3, 0.4) is 0 Å². The van der Waals surface area contributed by atoms with Crippen LogP contribution >= 0.6 is 0 Å². The fourth-order valence-electron chi connectivity index (χ4n) is 8.20. The molecule has 0 heterocycles. The molecule has 0 aliphatic rings. The number of carbonyl (C=O) groups excluding carboxylic acids is 3. The SMILES string of the molecule is CC/C=C\C/C=C\C/C=C\C/C=C\C/C=C\C/C=C\CCC(=O)OCC(COC(=O)CCCCCCCCC/C=C\CCCCCCCCC)OC(=O)CCCCCCCCC/C=C\C/C=C\CCCCCC. The van der Waals surface area contributed by atoms with Crippen LogP contribution in [0.25, 0.3) is 0 Å². The van der Waals surface area contributed by atoms with Gasteiger partial charge in [0.05, 0.1) is 0 Å². The highest BCUT2D eigenvalue weighted by molar-refractivity contribution is 5.71. The first-order chi connectivity index (χ1) is 36.0. The summed E-state index contributed by atoms with van der Waals surface area (Å²) >= 11 is 0. The van der Waals surface area contributed by atoms with E-state index in [4.69, 9.17) is 14.2 Å². The first kappa shape index (κ1) is 69.1. The number of hydrogen-bond donors (Lipinski definition) is 0. The van der Waals surface area contributed by atoms with Crippen molar-refractivity contribution in [1.82, 2.24) is 0 Å². The molecule has 73 heavy (non-hydrogen) atoms. The van der Waals surface area contributed by atoms with Gasteiger partial charge in [-0.05, 0) is 116 Å². The van der Waals surface area contributed by atoms with Crippen molar-refractivity contribution >= 4 is 17.9 Å². The smallest absolute Gasteiger partial charge is 0.306 e. The molecule has 416 valence electrons. The maximum absolute atomic E-state index is 12.9. The van der Waals surface area contributed by atoms with Crippen molar-refractivity contribution in [2.75, 3.05) is 13.2 Å². The second kappa shape index (κ2) is 60.6. The zero-order chi connectivity index (χ0) is 52.9. The molecule has 0 fully saturated rings. The molecular weight excluding hydrogens is 901 g/mol. The summed E-state index contributed by atoms with van der Waals surface area (Å²) in [6, 6.07) is 0. The molecule has 6 heteroatoms. The second-order valence-corrected chi connectivity index (χ2v) is 19.9. The lowest BCUT2D eigenvalue weighted by molar-refractivity contribution is -0.166. The summed E-state index contributed by atoms with van der Waals surface area (Å²) in [7, 11) is 0. The largest absolute Gasteiger partial charge is 0.462 e. The van der Waals surface area contributed by atoms with E-state index in [1.165, 1.54) is 141 Å². The molecule has 0 N–H and O–H groups in total. The second-order valence-electron chi connectivity index (χ2n) is 19.9. The minimum atomic E-state index is -0.818. The first-order valence-electron chi connectivity index (χ1n) is 30.4. The van der Waals surface area contributed by atoms with Crippen LogP contribution in [0.4, 0.5) is 0 Å². The Hall–Kier alpha value is -3.93. The molecule has 0 aromatic rings. The molecule has 6 nitrogen and oxygen atoms in total. The number of carbonyl (C=O) groups is 3. The molecule has 0 aliphatic heterocycles. The lowest BCUT2D eigenvalue weighted by atomic mass is 10.1. The van der Waals surface area contributed by atoms with Crippen molar-refractivity contribution in [3.63, 3.8) is 0 Å². The van der Waals surface area contributed by atoms with Gasteiger partial charge >= 0.3 is 17.9 Å². The zero-order valence-corrected chi connectivity index (χ0v) is 47.6. The molecule has 0 saturated heterocycles. The van der Waals surface area contributed by atoms with Crippen LogP contribution in [-0.2, 0) is 28.6 Å². The van der Waals surface area contributed by atoms with E-state index in [0.717, 1.165) is 89.9 Å². The summed E-state index contributed by atoms with van der Waals surface area (Å²) in [5.41, 5.74) is 0. The normalized spacial score (nSPS) is 12.9. The lowest BCUT2D eigenvalue weighted by Gasteiger charge is -2.18. The Morgan fingerprint density at radius 3 is 0.945 bits per heavy atom. The Morgan fingerprint density at radius 1 is 0.288 bits per heavy atom. The van der Waals surface area contributed by atoms with Crippen molar-refractivity contribution in [2.45, 2.75) is 284 Å². The van der Waals surface area contributed by atoms with Crippen LogP contribution in [0, 0.1) is 0 Å². The lowest BCUT2D eigenvalue weighted by Crippen LogP contribution is -2.30. The third kappa shape index (κ3) is 58.8. The van der Waals surface area contributed by atoms with E-state index < -0.39 is 6.10 Å². The number of ether oxygens (including phenoxy) is 3. The number of allylic oxidation sites excluding steroid dienone is 18. The van der Waals surface area contributed by atoms with Crippen LogP contribution in [-0.4, -0.2) is 37.2 Å². The van der Waals surface area contributed by atoms with Crippen LogP contribution in [0.5, 0.6) is 0 Å². The van der Waals surface area contributed by atoms with Gasteiger partial charge in [0.2, 0.25) is 0 Å². The van der Waals surface area contributed by atoms with Gasteiger partial charge in [0.15, 0.2) is 6.10 Å². The van der Waals surface area contributed by atoms with Gasteiger partial charge in [-0.3, -0.25) is 14.4 Å². The van der Waals surface area contributed by atoms with Crippen LogP contribution in [0.15, 0.2) is 109 Å². The molecule has 0 amide bonds. The number of esters is 3. The fourth-order valence-corrected chi connectivity index (χ4v) is 8.20. The first-order valence-corrected chi connectivity index (χ1v) is 30.4. The third-order valence-electron chi connectivity index (χ3n) is 12.7. The highest BCUT2D eigenvalue weighted by Gasteiger charge is 2.19. The van der Waals surface area contributed by atoms with E-state index in [1.54, 1.807) is 0 Å². The number of rotatable bonds is 54. The molecule has 0 aliphatic carbocycles. The predicted octanol–water partition coefficient (Wildman–Crippen LogP) is 20.7. The Kier molecular flexibility index (Phi) is 57.4. The minimum Gasteiger partial charge on any atom is -0.462 e. The molecule has 0 rings (SSSR count). The zero-order valence-electron chi connectivity index (χ0n) is 47.6. The summed E-state index contributed by atoms with van der Waals surface area (Å²) < 4.78 is 16.8. The van der Waals surface area contributed by atoms with Crippen LogP contribution in [0.2, 0.25) is 0 Å². The Labute approximate surface area is 450 Å². The Bertz CT molecular complexity index is 1490. The molecular formula is C67H112O6. The van der Waals surface area contributed by atoms with Gasteiger partial charge in [0.25, 0.3) is 0 Å². The van der Waals surface area contributed by atoms with E-state index in [-0.39, 0.29) is 37.5 Å². The van der Waals surface area contributed by atoms with Crippen molar-refractivity contribution < 1.29 is 28.6 Å². The number of unbranched alkanes of at least 4 members (excludes halogenated alkanes) is 25. The monoisotopic (exact) mass is 1010 g/mol. The molecule has 0 bridgehead atoms. The summed E-state index contributed by atoms with van der Waals surface area (Å²) in [6.07, 6.45) is 82.3. The minimum absolute atomic E-state index is 0.108. The molecule has 1 atom stereocenters. The molecule has 0 spiro atoms. The topological polar surface area (TPSA) is 78.9 Å². The molecule has 0 radical (unpaired) electrons. The highest BCUT2D eigenvalue weighted by atomic mass is 16.6. The molecule has 1 unspecified atom stereocenters. The average Bonchev–Trinajstić information content (AvgIpc) is 3.39. The Balaban J connectivity index is 4.52. The van der Waals surface area contributed by atoms with Crippen molar-refractivity contribution in [3.8, 4) is 0 Å². The maximum Gasteiger partial charge on any atom is 0.306 e. The quantitative estimate of drug-likeness (QED) is 0.0261.